The molecule has 2 aromatic heterocycles. The average molecular weight is 369 g/mol. The van der Waals surface area contributed by atoms with Crippen molar-refractivity contribution in [2.24, 2.45) is 5.73 Å². The van der Waals surface area contributed by atoms with Gasteiger partial charge in [0, 0.05) is 23.7 Å². The minimum Gasteiger partial charge on any atom is -0.507 e. The van der Waals surface area contributed by atoms with Crippen LogP contribution in [0.1, 0.15) is 20.8 Å². The Labute approximate surface area is 151 Å². The fourth-order valence-electron chi connectivity index (χ4n) is 2.25. The zero-order chi connectivity index (χ0) is 18.7. The number of rotatable bonds is 5. The molecule has 6 N–H and O–H groups in total. The van der Waals surface area contributed by atoms with E-state index in [1.807, 2.05) is 0 Å². The van der Waals surface area contributed by atoms with Crippen LogP contribution in [-0.4, -0.2) is 33.6 Å². The van der Waals surface area contributed by atoms with Crippen LogP contribution < -0.4 is 16.6 Å². The first kappa shape index (κ1) is 17.4. The number of nitrogens with two attached hydrogens (primary N) is 1. The smallest absolute Gasteiger partial charge is 0.265 e. The molecule has 0 aliphatic rings. The molecule has 1 aromatic carbocycles. The number of nitrogens with one attached hydrogen (secondary N) is 3. The molecule has 0 aliphatic carbocycles. The highest BCUT2D eigenvalue weighted by molar-refractivity contribution is 7.20. The second-order valence-corrected chi connectivity index (χ2v) is 6.48. The molecule has 0 saturated heterocycles. The van der Waals surface area contributed by atoms with Crippen LogP contribution in [-0.2, 0) is 0 Å². The largest absolute Gasteiger partial charge is 0.507 e. The first-order valence-corrected chi connectivity index (χ1v) is 8.37. The Hall–Kier alpha value is -3.46. The van der Waals surface area contributed by atoms with Crippen LogP contribution in [0.2, 0.25) is 0 Å². The van der Waals surface area contributed by atoms with Crippen LogP contribution in [0.15, 0.2) is 41.2 Å². The summed E-state index contributed by atoms with van der Waals surface area (Å²) in [5.74, 6) is -0.325. The van der Waals surface area contributed by atoms with Crippen molar-refractivity contribution in [1.82, 2.24) is 15.5 Å². The highest BCUT2D eigenvalue weighted by atomic mass is 32.1. The van der Waals surface area contributed by atoms with E-state index < -0.39 is 0 Å². The number of hydrogen-bond acceptors (Lipinski definition) is 6. The normalized spacial score (nSPS) is 11.1. The van der Waals surface area contributed by atoms with E-state index in [9.17, 15) is 14.7 Å². The van der Waals surface area contributed by atoms with Gasteiger partial charge in [0.15, 0.2) is 0 Å². The van der Waals surface area contributed by atoms with Crippen LogP contribution in [0, 0.1) is 5.41 Å². The van der Waals surface area contributed by atoms with Gasteiger partial charge in [-0.25, -0.2) is 5.10 Å². The van der Waals surface area contributed by atoms with E-state index in [1.165, 1.54) is 23.5 Å². The highest BCUT2D eigenvalue weighted by Crippen LogP contribution is 2.22. The van der Waals surface area contributed by atoms with E-state index >= 15 is 0 Å². The Bertz CT molecular complexity index is 1080. The highest BCUT2D eigenvalue weighted by Gasteiger charge is 2.10. The molecule has 9 heteroatoms. The van der Waals surface area contributed by atoms with Gasteiger partial charge in [0.1, 0.15) is 17.1 Å². The molecule has 0 spiro atoms. The maximum absolute atomic E-state index is 12.2. The summed E-state index contributed by atoms with van der Waals surface area (Å²) in [6, 6.07) is 7.60. The number of aromatic nitrogens is 2. The molecule has 0 unspecified atom stereocenters. The van der Waals surface area contributed by atoms with Crippen LogP contribution in [0.4, 0.5) is 0 Å². The summed E-state index contributed by atoms with van der Waals surface area (Å²) in [6.45, 7) is 0.239. The molecule has 0 radical (unpaired) electrons. The molecular formula is C17H15N5O3S. The number of fused-ring (bicyclic) bond motifs is 1. The van der Waals surface area contributed by atoms with Crippen LogP contribution in [0.25, 0.3) is 16.3 Å². The number of thiophene rings is 1. The van der Waals surface area contributed by atoms with E-state index in [1.54, 1.807) is 30.4 Å². The number of phenolic OH excluding ortho intramolecular Hbond substituents is 1. The topological polar surface area (TPSA) is 145 Å². The third kappa shape index (κ3) is 3.78. The molecule has 3 aromatic rings. The zero-order valence-electron chi connectivity index (χ0n) is 13.4. The second-order valence-electron chi connectivity index (χ2n) is 5.39. The monoisotopic (exact) mass is 369 g/mol. The predicted octanol–water partition coefficient (Wildman–Crippen LogP) is 1.42. The Kier molecular flexibility index (Phi) is 4.81. The van der Waals surface area contributed by atoms with Crippen molar-refractivity contribution in [3.63, 3.8) is 0 Å². The van der Waals surface area contributed by atoms with Crippen LogP contribution in [0.5, 0.6) is 5.75 Å². The molecule has 0 atom stereocenters. The molecule has 0 bridgehead atoms. The molecule has 0 fully saturated rings. The Balaban J connectivity index is 1.66. The lowest BCUT2D eigenvalue weighted by molar-refractivity contribution is 0.0962. The van der Waals surface area contributed by atoms with Gasteiger partial charge >= 0.3 is 0 Å². The van der Waals surface area contributed by atoms with E-state index in [0.717, 1.165) is 0 Å². The van der Waals surface area contributed by atoms with Crippen molar-refractivity contribution < 1.29 is 9.90 Å². The van der Waals surface area contributed by atoms with E-state index in [0.29, 0.717) is 26.2 Å². The number of amides is 1. The summed E-state index contributed by atoms with van der Waals surface area (Å²) in [7, 11) is 0. The summed E-state index contributed by atoms with van der Waals surface area (Å²) in [6.07, 6.45) is 3.30. The molecule has 26 heavy (non-hydrogen) atoms. The molecule has 1 amide bonds. The number of nitrogen functional groups attached to an aromatic ring is 1. The van der Waals surface area contributed by atoms with Crippen molar-refractivity contribution >= 4 is 39.4 Å². The van der Waals surface area contributed by atoms with Crippen LogP contribution >= 0.6 is 11.3 Å². The number of aromatic hydroxyl groups is 1. The SMILES string of the molecule is N=C(N)c1ccc(O)c(/C=C/CNC(=O)c2cc3n[nH]c(=O)cc3s2)c1. The number of benzene rings is 1. The lowest BCUT2D eigenvalue weighted by Crippen LogP contribution is -2.22. The van der Waals surface area contributed by atoms with Crippen molar-refractivity contribution in [2.45, 2.75) is 0 Å². The molecule has 8 nitrogen and oxygen atoms in total. The number of hydrogen-bond donors (Lipinski definition) is 5. The van der Waals surface area contributed by atoms with E-state index in [-0.39, 0.29) is 29.6 Å². The number of carbonyl (C=O) groups excluding carboxylic acids is 1. The van der Waals surface area contributed by atoms with Gasteiger partial charge < -0.3 is 16.2 Å². The van der Waals surface area contributed by atoms with Gasteiger partial charge in [-0.2, -0.15) is 5.10 Å². The summed E-state index contributed by atoms with van der Waals surface area (Å²) < 4.78 is 0.639. The van der Waals surface area contributed by atoms with Gasteiger partial charge in [0.25, 0.3) is 11.5 Å². The quantitative estimate of drug-likeness (QED) is 0.341. The van der Waals surface area contributed by atoms with Gasteiger partial charge in [0.05, 0.1) is 9.58 Å². The molecule has 132 valence electrons. The summed E-state index contributed by atoms with van der Waals surface area (Å²) in [4.78, 5) is 23.9. The lowest BCUT2D eigenvalue weighted by atomic mass is 10.1. The van der Waals surface area contributed by atoms with Crippen molar-refractivity contribution in [2.75, 3.05) is 6.54 Å². The van der Waals surface area contributed by atoms with Gasteiger partial charge in [-0.05, 0) is 24.3 Å². The first-order valence-electron chi connectivity index (χ1n) is 7.55. The molecular weight excluding hydrogens is 354 g/mol. The fourth-order valence-corrected chi connectivity index (χ4v) is 3.19. The minimum atomic E-state index is -0.318. The molecule has 2 heterocycles. The second kappa shape index (κ2) is 7.19. The number of carbonyl (C=O) groups is 1. The van der Waals surface area contributed by atoms with E-state index in [4.69, 9.17) is 11.1 Å². The summed E-state index contributed by atoms with van der Waals surface area (Å²) >= 11 is 1.19. The standard InChI is InChI=1S/C17H15N5O3S/c18-16(19)10-3-4-12(23)9(6-10)2-1-5-20-17(25)14-7-11-13(26-14)8-15(24)22-21-11/h1-4,6-8,23H,5H2,(H3,18,19)(H,20,25)(H,22,24)/b2-1+. The minimum absolute atomic E-state index is 0.0535. The Morgan fingerprint density at radius 1 is 1.38 bits per heavy atom. The Morgan fingerprint density at radius 3 is 2.96 bits per heavy atom. The molecule has 0 saturated carbocycles. The number of phenols is 1. The van der Waals surface area contributed by atoms with Gasteiger partial charge in [-0.15, -0.1) is 11.3 Å². The van der Waals surface area contributed by atoms with Gasteiger partial charge in [0.2, 0.25) is 0 Å². The fraction of sp³-hybridized carbons (Fsp3) is 0.0588. The van der Waals surface area contributed by atoms with E-state index in [2.05, 4.69) is 15.5 Å². The summed E-state index contributed by atoms with van der Waals surface area (Å²) in [5.41, 5.74) is 6.66. The number of amidine groups is 1. The maximum Gasteiger partial charge on any atom is 0.265 e. The molecule has 3 rings (SSSR count). The van der Waals surface area contributed by atoms with Gasteiger partial charge in [-0.3, -0.25) is 15.0 Å². The Morgan fingerprint density at radius 2 is 2.19 bits per heavy atom. The predicted molar refractivity (Wildman–Crippen MR) is 101 cm³/mol. The third-order valence-electron chi connectivity index (χ3n) is 3.53. The maximum atomic E-state index is 12.2. The van der Waals surface area contributed by atoms with Crippen molar-refractivity contribution in [3.05, 3.63) is 62.8 Å². The van der Waals surface area contributed by atoms with Crippen molar-refractivity contribution in [1.29, 1.82) is 5.41 Å². The number of nitrogens with zero attached hydrogens (tertiary/aromatic N) is 1. The number of aromatic amines is 1. The zero-order valence-corrected chi connectivity index (χ0v) is 14.3. The molecule has 0 aliphatic heterocycles. The third-order valence-corrected chi connectivity index (χ3v) is 4.60. The summed E-state index contributed by atoms with van der Waals surface area (Å²) in [5, 5.41) is 26.2. The lowest BCUT2D eigenvalue weighted by Gasteiger charge is -2.03. The first-order chi connectivity index (χ1) is 12.4. The van der Waals surface area contributed by atoms with Crippen molar-refractivity contribution in [3.8, 4) is 5.75 Å². The number of H-pyrrole nitrogens is 1. The van der Waals surface area contributed by atoms with Crippen LogP contribution in [0.3, 0.4) is 0 Å². The van der Waals surface area contributed by atoms with Gasteiger partial charge in [-0.1, -0.05) is 12.2 Å². The average Bonchev–Trinajstić information content (AvgIpc) is 3.02.